The van der Waals surface area contributed by atoms with Crippen molar-refractivity contribution in [2.45, 2.75) is 0 Å². The van der Waals surface area contributed by atoms with Crippen LogP contribution in [0.3, 0.4) is 0 Å². The second kappa shape index (κ2) is 12.3. The number of furan rings is 1. The fourth-order valence-corrected chi connectivity index (χ4v) is 9.80. The molecule has 2 aliphatic rings. The van der Waals surface area contributed by atoms with Crippen molar-refractivity contribution in [3.05, 3.63) is 200 Å². The zero-order valence-corrected chi connectivity index (χ0v) is 31.8. The predicted molar refractivity (Wildman–Crippen MR) is 244 cm³/mol. The van der Waals surface area contributed by atoms with Gasteiger partial charge in [-0.25, -0.2) is 0 Å². The molecule has 10 aromatic carbocycles. The topological polar surface area (TPSA) is 25.6 Å². The molecule has 0 atom stereocenters. The van der Waals surface area contributed by atoms with Crippen molar-refractivity contribution < 1.29 is 9.15 Å². The molecular weight excluding hydrogens is 719 g/mol. The van der Waals surface area contributed by atoms with Crippen molar-refractivity contribution >= 4 is 60.5 Å². The summed E-state index contributed by atoms with van der Waals surface area (Å²) in [5, 5.41) is 6.90. The van der Waals surface area contributed by atoms with Crippen LogP contribution in [0.4, 0.5) is 17.1 Å². The largest absolute Gasteiger partial charge is 0.456 e. The minimum atomic E-state index is 0.871. The molecule has 0 unspecified atom stereocenters. The van der Waals surface area contributed by atoms with Crippen LogP contribution in [0.25, 0.3) is 99.1 Å². The Balaban J connectivity index is 1.01. The van der Waals surface area contributed by atoms with E-state index >= 15 is 0 Å². The quantitative estimate of drug-likeness (QED) is 0.179. The average molecular weight is 752 g/mol. The molecule has 11 aromatic rings. The first kappa shape index (κ1) is 32.2. The normalized spacial score (nSPS) is 12.2. The molecule has 2 heterocycles. The van der Waals surface area contributed by atoms with Gasteiger partial charge in [-0.1, -0.05) is 140 Å². The Hall–Kier alpha value is -7.88. The second-order valence-electron chi connectivity index (χ2n) is 15.6. The van der Waals surface area contributed by atoms with Gasteiger partial charge in [0.05, 0.1) is 5.69 Å². The average Bonchev–Trinajstić information content (AvgIpc) is 3.67. The summed E-state index contributed by atoms with van der Waals surface area (Å²) in [6.07, 6.45) is 0. The van der Waals surface area contributed by atoms with Crippen LogP contribution in [0, 0.1) is 0 Å². The van der Waals surface area contributed by atoms with Gasteiger partial charge in [-0.2, -0.15) is 0 Å². The molecule has 0 saturated carbocycles. The maximum Gasteiger partial charge on any atom is 0.143 e. The highest BCUT2D eigenvalue weighted by molar-refractivity contribution is 6.16. The first-order chi connectivity index (χ1) is 29.3. The van der Waals surface area contributed by atoms with Gasteiger partial charge in [0.1, 0.15) is 22.7 Å². The van der Waals surface area contributed by atoms with Gasteiger partial charge < -0.3 is 14.1 Å². The maximum atomic E-state index is 6.76. The van der Waals surface area contributed by atoms with E-state index in [0.717, 1.165) is 78.0 Å². The number of anilines is 3. The van der Waals surface area contributed by atoms with Crippen molar-refractivity contribution in [3.63, 3.8) is 0 Å². The third-order valence-electron chi connectivity index (χ3n) is 12.4. The third-order valence-corrected chi connectivity index (χ3v) is 12.4. The van der Waals surface area contributed by atoms with Crippen LogP contribution < -0.4 is 9.64 Å². The number of nitrogens with zero attached hydrogens (tertiary/aromatic N) is 1. The van der Waals surface area contributed by atoms with Crippen LogP contribution >= 0.6 is 0 Å². The Labute approximate surface area is 340 Å². The zero-order valence-electron chi connectivity index (χ0n) is 31.8. The van der Waals surface area contributed by atoms with E-state index in [1.807, 2.05) is 12.1 Å². The highest BCUT2D eigenvalue weighted by atomic mass is 16.5. The molecule has 6 bridgehead atoms. The van der Waals surface area contributed by atoms with Crippen LogP contribution in [-0.4, -0.2) is 0 Å². The van der Waals surface area contributed by atoms with Crippen molar-refractivity contribution in [2.24, 2.45) is 0 Å². The summed E-state index contributed by atoms with van der Waals surface area (Å²) in [5.41, 5.74) is 16.9. The lowest BCUT2D eigenvalue weighted by Crippen LogP contribution is -2.10. The molecule has 13 rings (SSSR count). The summed E-state index contributed by atoms with van der Waals surface area (Å²) in [7, 11) is 0. The van der Waals surface area contributed by atoms with Gasteiger partial charge in [0, 0.05) is 49.6 Å². The molecule has 0 saturated heterocycles. The van der Waals surface area contributed by atoms with Gasteiger partial charge in [0.2, 0.25) is 0 Å². The van der Waals surface area contributed by atoms with Crippen molar-refractivity contribution in [3.8, 4) is 67.1 Å². The number of ether oxygens (including phenoxy) is 1. The van der Waals surface area contributed by atoms with Gasteiger partial charge >= 0.3 is 0 Å². The standard InChI is InChI=1S/C56H33NO2/c1-2-13-39-34(11-1)12-9-19-49(39)57(38-28-30-41-36(33-38)25-29-46-43-15-5-7-20-50(43)59-56(41)46)37-26-23-35(24-27-37)40-31-32-45-42-14-3-4-16-44(42)53-48-18-10-22-52(53)58-51-21-8-6-17-47(51)55(45)54(40)48/h1-33H. The third kappa shape index (κ3) is 4.70. The van der Waals surface area contributed by atoms with Crippen molar-refractivity contribution in [2.75, 3.05) is 4.90 Å². The molecule has 0 spiro atoms. The second-order valence-corrected chi connectivity index (χ2v) is 15.6. The van der Waals surface area contributed by atoms with E-state index in [-0.39, 0.29) is 0 Å². The van der Waals surface area contributed by atoms with Crippen LogP contribution in [0.1, 0.15) is 0 Å². The van der Waals surface area contributed by atoms with Gasteiger partial charge in [0.25, 0.3) is 0 Å². The number of rotatable bonds is 4. The Bertz CT molecular complexity index is 3530. The number of benzene rings is 10. The first-order valence-electron chi connectivity index (χ1n) is 20.2. The Kier molecular flexibility index (Phi) is 6.72. The summed E-state index contributed by atoms with van der Waals surface area (Å²) >= 11 is 0. The number of hydrogen-bond acceptors (Lipinski definition) is 3. The molecule has 1 aromatic heterocycles. The highest BCUT2D eigenvalue weighted by Crippen LogP contribution is 2.58. The number of hydrogen-bond donors (Lipinski definition) is 0. The van der Waals surface area contributed by atoms with Crippen molar-refractivity contribution in [1.82, 2.24) is 0 Å². The van der Waals surface area contributed by atoms with E-state index in [2.05, 4.69) is 193 Å². The van der Waals surface area contributed by atoms with E-state index in [9.17, 15) is 0 Å². The molecule has 0 N–H and O–H groups in total. The van der Waals surface area contributed by atoms with Crippen LogP contribution in [0.15, 0.2) is 205 Å². The van der Waals surface area contributed by atoms with Gasteiger partial charge in [-0.15, -0.1) is 0 Å². The lowest BCUT2D eigenvalue weighted by Gasteiger charge is -2.28. The van der Waals surface area contributed by atoms with E-state index in [1.54, 1.807) is 0 Å². The fourth-order valence-electron chi connectivity index (χ4n) is 9.80. The highest BCUT2D eigenvalue weighted by Gasteiger charge is 2.32. The summed E-state index contributed by atoms with van der Waals surface area (Å²) in [4.78, 5) is 2.39. The summed E-state index contributed by atoms with van der Waals surface area (Å²) in [6, 6.07) is 72.1. The lowest BCUT2D eigenvalue weighted by molar-refractivity contribution is 0.486. The molecule has 0 fully saturated rings. The van der Waals surface area contributed by atoms with E-state index in [4.69, 9.17) is 9.15 Å². The SMILES string of the molecule is c1ccc2c(c1)Oc1cccc3c1-c1ccccc1-c1ccc(-c4ccc(N(c5ccc6c(ccc7c8ccccc8oc67)c5)c5cccc6ccccc56)cc4)c-3c1-2. The molecule has 3 nitrogen and oxygen atoms in total. The Morgan fingerprint density at radius 2 is 1.00 bits per heavy atom. The van der Waals surface area contributed by atoms with E-state index in [1.165, 1.54) is 49.7 Å². The summed E-state index contributed by atoms with van der Waals surface area (Å²) in [6.45, 7) is 0. The molecule has 1 aliphatic carbocycles. The number of fused-ring (bicyclic) bond motifs is 9. The Morgan fingerprint density at radius 1 is 0.339 bits per heavy atom. The molecule has 0 radical (unpaired) electrons. The zero-order chi connectivity index (χ0) is 38.6. The summed E-state index contributed by atoms with van der Waals surface area (Å²) in [5.74, 6) is 1.74. The van der Waals surface area contributed by atoms with Crippen LogP contribution in [0.5, 0.6) is 11.5 Å². The monoisotopic (exact) mass is 751 g/mol. The fraction of sp³-hybridized carbons (Fsp3) is 0. The first-order valence-corrected chi connectivity index (χ1v) is 20.2. The molecular formula is C56H33NO2. The van der Waals surface area contributed by atoms with Gasteiger partial charge in [-0.3, -0.25) is 0 Å². The molecule has 1 aliphatic heterocycles. The minimum Gasteiger partial charge on any atom is -0.456 e. The van der Waals surface area contributed by atoms with Gasteiger partial charge in [0.15, 0.2) is 0 Å². The number of para-hydroxylation sites is 2. The van der Waals surface area contributed by atoms with Crippen molar-refractivity contribution in [1.29, 1.82) is 0 Å². The van der Waals surface area contributed by atoms with Gasteiger partial charge in [-0.05, 0) is 110 Å². The molecule has 59 heavy (non-hydrogen) atoms. The minimum absolute atomic E-state index is 0.871. The smallest absolute Gasteiger partial charge is 0.143 e. The van der Waals surface area contributed by atoms with Crippen LogP contribution in [-0.2, 0) is 0 Å². The maximum absolute atomic E-state index is 6.76. The van der Waals surface area contributed by atoms with E-state index in [0.29, 0.717) is 0 Å². The lowest BCUT2D eigenvalue weighted by atomic mass is 9.83. The Morgan fingerprint density at radius 3 is 1.92 bits per heavy atom. The molecule has 274 valence electrons. The molecule has 3 heteroatoms. The molecule has 0 amide bonds. The predicted octanol–water partition coefficient (Wildman–Crippen LogP) is 16.1. The van der Waals surface area contributed by atoms with E-state index < -0.39 is 0 Å². The summed E-state index contributed by atoms with van der Waals surface area (Å²) < 4.78 is 13.2. The van der Waals surface area contributed by atoms with Crippen LogP contribution in [0.2, 0.25) is 0 Å².